The average Bonchev–Trinajstić information content (AvgIpc) is 2.41. The average molecular weight is 288 g/mol. The summed E-state index contributed by atoms with van der Waals surface area (Å²) in [6.45, 7) is 4.43. The van der Waals surface area contributed by atoms with Gasteiger partial charge < -0.3 is 4.90 Å². The van der Waals surface area contributed by atoms with Gasteiger partial charge in [0.05, 0.1) is 10.7 Å². The monoisotopic (exact) mass is 287 g/mol. The highest BCUT2D eigenvalue weighted by Crippen LogP contribution is 2.27. The molecule has 0 bridgehead atoms. The molecule has 0 saturated carbocycles. The molecule has 2 rings (SSSR count). The van der Waals surface area contributed by atoms with Gasteiger partial charge in [-0.05, 0) is 43.2 Å². The number of anilines is 1. The van der Waals surface area contributed by atoms with Crippen LogP contribution in [0.3, 0.4) is 0 Å². The molecule has 104 valence electrons. The minimum absolute atomic E-state index is 0.0278. The van der Waals surface area contributed by atoms with E-state index in [2.05, 4.69) is 24.0 Å². The lowest BCUT2D eigenvalue weighted by Gasteiger charge is -2.22. The topological polar surface area (TPSA) is 20.3 Å². The number of halogens is 1. The van der Waals surface area contributed by atoms with Crippen molar-refractivity contribution in [3.63, 3.8) is 0 Å². The fraction of sp³-hybridized carbons (Fsp3) is 0.235. The molecule has 0 radical (unpaired) electrons. The van der Waals surface area contributed by atoms with Gasteiger partial charge in [0.1, 0.15) is 0 Å². The van der Waals surface area contributed by atoms with Gasteiger partial charge in [-0.15, -0.1) is 0 Å². The lowest BCUT2D eigenvalue weighted by atomic mass is 10.1. The second-order valence-corrected chi connectivity index (χ2v) is 5.41. The molecule has 0 aliphatic heterocycles. The van der Waals surface area contributed by atoms with Gasteiger partial charge in [-0.1, -0.05) is 35.9 Å². The zero-order valence-electron chi connectivity index (χ0n) is 12.0. The van der Waals surface area contributed by atoms with Gasteiger partial charge in [0, 0.05) is 19.2 Å². The largest absolute Gasteiger partial charge is 0.369 e. The second-order valence-electron chi connectivity index (χ2n) is 5.00. The summed E-state index contributed by atoms with van der Waals surface area (Å²) in [5, 5.41) is 0.605. The summed E-state index contributed by atoms with van der Waals surface area (Å²) in [5.41, 5.74) is 4.10. The van der Waals surface area contributed by atoms with Gasteiger partial charge in [-0.3, -0.25) is 4.79 Å². The first kappa shape index (κ1) is 14.6. The van der Waals surface area contributed by atoms with Crippen LogP contribution in [0.5, 0.6) is 0 Å². The first-order chi connectivity index (χ1) is 9.49. The van der Waals surface area contributed by atoms with E-state index in [9.17, 15) is 4.79 Å². The number of rotatable bonds is 4. The van der Waals surface area contributed by atoms with E-state index in [0.29, 0.717) is 10.6 Å². The first-order valence-corrected chi connectivity index (χ1v) is 6.93. The minimum Gasteiger partial charge on any atom is -0.369 e. The van der Waals surface area contributed by atoms with E-state index in [1.54, 1.807) is 13.0 Å². The van der Waals surface area contributed by atoms with Crippen LogP contribution in [0, 0.1) is 6.92 Å². The number of aryl methyl sites for hydroxylation is 1. The molecule has 2 aromatic rings. The third-order valence-corrected chi connectivity index (χ3v) is 3.74. The van der Waals surface area contributed by atoms with Crippen molar-refractivity contribution in [2.45, 2.75) is 20.4 Å². The molecule has 0 aliphatic carbocycles. The summed E-state index contributed by atoms with van der Waals surface area (Å²) in [4.78, 5) is 13.4. The van der Waals surface area contributed by atoms with Gasteiger partial charge in [0.15, 0.2) is 5.78 Å². The van der Waals surface area contributed by atoms with Crippen molar-refractivity contribution < 1.29 is 4.79 Å². The molecule has 0 heterocycles. The van der Waals surface area contributed by atoms with Crippen LogP contribution in [0.2, 0.25) is 5.02 Å². The maximum absolute atomic E-state index is 11.3. The quantitative estimate of drug-likeness (QED) is 0.772. The zero-order valence-corrected chi connectivity index (χ0v) is 12.7. The summed E-state index contributed by atoms with van der Waals surface area (Å²) in [5.74, 6) is 0.0278. The molecule has 0 spiro atoms. The van der Waals surface area contributed by atoms with E-state index in [1.807, 2.05) is 31.3 Å². The number of ketones is 1. The first-order valence-electron chi connectivity index (χ1n) is 6.55. The molecular formula is C17H18ClNO. The Morgan fingerprint density at radius 1 is 1.20 bits per heavy atom. The molecule has 0 unspecified atom stereocenters. The Balaban J connectivity index is 2.23. The van der Waals surface area contributed by atoms with Gasteiger partial charge in [-0.25, -0.2) is 0 Å². The molecule has 0 saturated heterocycles. The van der Waals surface area contributed by atoms with Crippen LogP contribution in [0.1, 0.15) is 28.4 Å². The number of hydrogen-bond donors (Lipinski definition) is 0. The fourth-order valence-corrected chi connectivity index (χ4v) is 2.49. The van der Waals surface area contributed by atoms with Crippen molar-refractivity contribution in [2.75, 3.05) is 11.9 Å². The molecule has 0 aliphatic rings. The molecule has 0 aromatic heterocycles. The van der Waals surface area contributed by atoms with Crippen LogP contribution in [-0.2, 0) is 6.54 Å². The third kappa shape index (κ3) is 3.20. The highest BCUT2D eigenvalue weighted by atomic mass is 35.5. The Morgan fingerprint density at radius 2 is 1.90 bits per heavy atom. The second kappa shape index (κ2) is 6.10. The van der Waals surface area contributed by atoms with Crippen molar-refractivity contribution in [2.24, 2.45) is 0 Å². The molecule has 20 heavy (non-hydrogen) atoms. The van der Waals surface area contributed by atoms with Crippen LogP contribution in [0.4, 0.5) is 5.69 Å². The van der Waals surface area contributed by atoms with Crippen molar-refractivity contribution in [3.05, 3.63) is 64.2 Å². The molecule has 0 fully saturated rings. The summed E-state index contributed by atoms with van der Waals surface area (Å²) >= 11 is 6.28. The number of carbonyl (C=O) groups is 1. The van der Waals surface area contributed by atoms with Gasteiger partial charge >= 0.3 is 0 Å². The van der Waals surface area contributed by atoms with Crippen LogP contribution in [0.25, 0.3) is 0 Å². The highest BCUT2D eigenvalue weighted by molar-refractivity contribution is 6.33. The molecule has 0 amide bonds. The van der Waals surface area contributed by atoms with Crippen LogP contribution >= 0.6 is 11.6 Å². The number of nitrogens with zero attached hydrogens (tertiary/aromatic N) is 1. The molecule has 0 atom stereocenters. The molecule has 2 nitrogen and oxygen atoms in total. The Labute approximate surface area is 125 Å². The van der Waals surface area contributed by atoms with E-state index in [4.69, 9.17) is 11.6 Å². The Bertz CT molecular complexity index is 637. The summed E-state index contributed by atoms with van der Waals surface area (Å²) in [6.07, 6.45) is 0. The highest BCUT2D eigenvalue weighted by Gasteiger charge is 2.10. The normalized spacial score (nSPS) is 10.4. The third-order valence-electron chi connectivity index (χ3n) is 3.43. The standard InChI is InChI=1S/C17H18ClNO/c1-12-6-4-5-7-15(12)11-19(3)17-9-8-14(13(2)20)10-16(17)18/h4-10H,11H2,1-3H3. The summed E-state index contributed by atoms with van der Waals surface area (Å²) in [7, 11) is 2.00. The van der Waals surface area contributed by atoms with E-state index >= 15 is 0 Å². The molecule has 2 aromatic carbocycles. The number of hydrogen-bond acceptors (Lipinski definition) is 2. The van der Waals surface area contributed by atoms with Crippen LogP contribution in [0.15, 0.2) is 42.5 Å². The maximum Gasteiger partial charge on any atom is 0.159 e. The van der Waals surface area contributed by atoms with E-state index < -0.39 is 0 Å². The number of benzene rings is 2. The van der Waals surface area contributed by atoms with E-state index in [0.717, 1.165) is 12.2 Å². The lowest BCUT2D eigenvalue weighted by molar-refractivity contribution is 0.101. The SMILES string of the molecule is CC(=O)c1ccc(N(C)Cc2ccccc2C)c(Cl)c1. The maximum atomic E-state index is 11.3. The predicted octanol–water partition coefficient (Wildman–Crippen LogP) is 4.49. The molecular weight excluding hydrogens is 270 g/mol. The number of carbonyl (C=O) groups excluding carboxylic acids is 1. The Morgan fingerprint density at radius 3 is 2.50 bits per heavy atom. The Kier molecular flexibility index (Phi) is 4.46. The molecule has 3 heteroatoms. The van der Waals surface area contributed by atoms with Crippen molar-refractivity contribution in [1.29, 1.82) is 0 Å². The Hall–Kier alpha value is -1.80. The van der Waals surface area contributed by atoms with E-state index in [1.165, 1.54) is 11.1 Å². The molecule has 0 N–H and O–H groups in total. The van der Waals surface area contributed by atoms with Gasteiger partial charge in [0.25, 0.3) is 0 Å². The van der Waals surface area contributed by atoms with Gasteiger partial charge in [-0.2, -0.15) is 0 Å². The minimum atomic E-state index is 0.0278. The van der Waals surface area contributed by atoms with Crippen LogP contribution < -0.4 is 4.90 Å². The summed E-state index contributed by atoms with van der Waals surface area (Å²) in [6, 6.07) is 13.7. The van der Waals surface area contributed by atoms with Crippen molar-refractivity contribution in [3.8, 4) is 0 Å². The van der Waals surface area contributed by atoms with Gasteiger partial charge in [0.2, 0.25) is 0 Å². The van der Waals surface area contributed by atoms with Crippen molar-refractivity contribution in [1.82, 2.24) is 0 Å². The fourth-order valence-electron chi connectivity index (χ4n) is 2.16. The zero-order chi connectivity index (χ0) is 14.7. The van der Waals surface area contributed by atoms with Crippen LogP contribution in [-0.4, -0.2) is 12.8 Å². The lowest BCUT2D eigenvalue weighted by Crippen LogP contribution is -2.17. The smallest absolute Gasteiger partial charge is 0.159 e. The van der Waals surface area contributed by atoms with Crippen molar-refractivity contribution >= 4 is 23.1 Å². The summed E-state index contributed by atoms with van der Waals surface area (Å²) < 4.78 is 0. The van der Waals surface area contributed by atoms with E-state index in [-0.39, 0.29) is 5.78 Å². The predicted molar refractivity (Wildman–Crippen MR) is 84.7 cm³/mol. The number of Topliss-reactive ketones (excluding diaryl/α,β-unsaturated/α-hetero) is 1.